The Labute approximate surface area is 228 Å². The molecular formula is C29H49N5O4. The molecule has 1 aromatic carbocycles. The summed E-state index contributed by atoms with van der Waals surface area (Å²) in [7, 11) is 1.71. The lowest BCUT2D eigenvalue weighted by molar-refractivity contribution is -0.136. The minimum atomic E-state index is -0.871. The summed E-state index contributed by atoms with van der Waals surface area (Å²) in [5.74, 6) is -1.96. The lowest BCUT2D eigenvalue weighted by Crippen LogP contribution is -2.61. The van der Waals surface area contributed by atoms with E-state index in [1.165, 1.54) is 0 Å². The van der Waals surface area contributed by atoms with Gasteiger partial charge in [-0.1, -0.05) is 85.7 Å². The summed E-state index contributed by atoms with van der Waals surface area (Å²) in [4.78, 5) is 52.2. The van der Waals surface area contributed by atoms with Gasteiger partial charge in [-0.05, 0) is 42.7 Å². The van der Waals surface area contributed by atoms with E-state index in [2.05, 4.69) is 26.6 Å². The van der Waals surface area contributed by atoms with E-state index in [1.807, 2.05) is 85.7 Å². The van der Waals surface area contributed by atoms with Gasteiger partial charge in [-0.2, -0.15) is 0 Å². The van der Waals surface area contributed by atoms with E-state index < -0.39 is 36.0 Å². The highest BCUT2D eigenvalue weighted by Gasteiger charge is 2.34. The summed E-state index contributed by atoms with van der Waals surface area (Å²) < 4.78 is 0. The molecule has 38 heavy (non-hydrogen) atoms. The van der Waals surface area contributed by atoms with Crippen LogP contribution in [-0.2, 0) is 25.6 Å². The number of carbonyl (C=O) groups excluding carboxylic acids is 4. The lowest BCUT2D eigenvalue weighted by Gasteiger charge is -2.30. The first-order valence-corrected chi connectivity index (χ1v) is 13.7. The Morgan fingerprint density at radius 2 is 0.947 bits per heavy atom. The summed E-state index contributed by atoms with van der Waals surface area (Å²) >= 11 is 0. The molecule has 4 atom stereocenters. The minimum absolute atomic E-state index is 0.0388. The van der Waals surface area contributed by atoms with Gasteiger partial charge in [0.25, 0.3) is 0 Å². The normalized spacial score (nSPS) is 14.7. The molecule has 5 N–H and O–H groups in total. The quantitative estimate of drug-likeness (QED) is 0.237. The molecule has 0 aliphatic rings. The molecular weight excluding hydrogens is 482 g/mol. The van der Waals surface area contributed by atoms with Crippen LogP contribution >= 0.6 is 0 Å². The zero-order chi connectivity index (χ0) is 29.0. The largest absolute Gasteiger partial charge is 0.354 e. The average molecular weight is 532 g/mol. The van der Waals surface area contributed by atoms with Gasteiger partial charge in [0.1, 0.15) is 18.1 Å². The number of nitrogens with one attached hydrogen (secondary N) is 5. The van der Waals surface area contributed by atoms with Crippen molar-refractivity contribution in [2.75, 3.05) is 13.6 Å². The van der Waals surface area contributed by atoms with Gasteiger partial charge in [0, 0.05) is 6.54 Å². The molecule has 0 saturated heterocycles. The highest BCUT2D eigenvalue weighted by atomic mass is 16.2. The van der Waals surface area contributed by atoms with Gasteiger partial charge in [0.05, 0.1) is 6.04 Å². The van der Waals surface area contributed by atoms with Gasteiger partial charge in [-0.3, -0.25) is 19.2 Å². The predicted molar refractivity (Wildman–Crippen MR) is 151 cm³/mol. The molecule has 0 radical (unpaired) electrons. The van der Waals surface area contributed by atoms with Crippen molar-refractivity contribution >= 4 is 23.6 Å². The number of rotatable bonds is 15. The first kappa shape index (κ1) is 33.1. The van der Waals surface area contributed by atoms with Gasteiger partial charge >= 0.3 is 0 Å². The maximum Gasteiger partial charge on any atom is 0.243 e. The average Bonchev–Trinajstić information content (AvgIpc) is 2.84. The Balaban J connectivity index is 2.88. The molecule has 9 heteroatoms. The molecule has 9 nitrogen and oxygen atoms in total. The SMILES string of the molecule is CN[C@@H](C(=O)N[C@@H](C(=O)N[C@@H](C(=O)N[C@@H](C(=O)NCCc1ccccc1)C(C)C)C(C)C)C(C)C)C(C)C. The summed E-state index contributed by atoms with van der Waals surface area (Å²) in [5.41, 5.74) is 1.11. The van der Waals surface area contributed by atoms with Crippen molar-refractivity contribution in [2.24, 2.45) is 23.7 Å². The maximum absolute atomic E-state index is 13.3. The Kier molecular flexibility index (Phi) is 14.0. The molecule has 0 fully saturated rings. The van der Waals surface area contributed by atoms with Crippen molar-refractivity contribution in [3.63, 3.8) is 0 Å². The Hall–Kier alpha value is -2.94. The fourth-order valence-corrected chi connectivity index (χ4v) is 4.19. The third-order valence-electron chi connectivity index (χ3n) is 6.56. The van der Waals surface area contributed by atoms with Crippen LogP contribution in [0.4, 0.5) is 0 Å². The van der Waals surface area contributed by atoms with Crippen LogP contribution in [0.15, 0.2) is 30.3 Å². The Morgan fingerprint density at radius 3 is 1.32 bits per heavy atom. The third-order valence-corrected chi connectivity index (χ3v) is 6.56. The zero-order valence-corrected chi connectivity index (χ0v) is 24.6. The highest BCUT2D eigenvalue weighted by Crippen LogP contribution is 2.10. The van der Waals surface area contributed by atoms with Crippen LogP contribution in [0.2, 0.25) is 0 Å². The summed E-state index contributed by atoms with van der Waals surface area (Å²) in [6, 6.07) is 6.97. The van der Waals surface area contributed by atoms with Crippen molar-refractivity contribution in [3.8, 4) is 0 Å². The topological polar surface area (TPSA) is 128 Å². The highest BCUT2D eigenvalue weighted by molar-refractivity contribution is 5.95. The number of hydrogen-bond acceptors (Lipinski definition) is 5. The molecule has 214 valence electrons. The van der Waals surface area contributed by atoms with Crippen LogP contribution in [0, 0.1) is 23.7 Å². The Morgan fingerprint density at radius 1 is 0.579 bits per heavy atom. The van der Waals surface area contributed by atoms with E-state index in [0.717, 1.165) is 5.56 Å². The second-order valence-corrected chi connectivity index (χ2v) is 11.2. The van der Waals surface area contributed by atoms with Gasteiger partial charge < -0.3 is 26.6 Å². The van der Waals surface area contributed by atoms with Gasteiger partial charge in [0.2, 0.25) is 23.6 Å². The van der Waals surface area contributed by atoms with Crippen LogP contribution in [0.25, 0.3) is 0 Å². The lowest BCUT2D eigenvalue weighted by atomic mass is 9.97. The molecule has 0 heterocycles. The van der Waals surface area contributed by atoms with E-state index >= 15 is 0 Å². The van der Waals surface area contributed by atoms with Crippen molar-refractivity contribution in [1.29, 1.82) is 0 Å². The summed E-state index contributed by atoms with van der Waals surface area (Å²) in [6.45, 7) is 15.4. The molecule has 0 aromatic heterocycles. The van der Waals surface area contributed by atoms with E-state index in [-0.39, 0.29) is 35.5 Å². The van der Waals surface area contributed by atoms with E-state index in [4.69, 9.17) is 0 Å². The first-order valence-electron chi connectivity index (χ1n) is 13.7. The minimum Gasteiger partial charge on any atom is -0.354 e. The number of hydrogen-bond donors (Lipinski definition) is 5. The van der Waals surface area contributed by atoms with Crippen molar-refractivity contribution in [1.82, 2.24) is 26.6 Å². The van der Waals surface area contributed by atoms with Crippen LogP contribution in [-0.4, -0.2) is 61.4 Å². The van der Waals surface area contributed by atoms with Crippen molar-refractivity contribution < 1.29 is 19.2 Å². The molecule has 0 aliphatic carbocycles. The zero-order valence-electron chi connectivity index (χ0n) is 24.6. The maximum atomic E-state index is 13.3. The summed E-state index contributed by atoms with van der Waals surface area (Å²) in [6.07, 6.45) is 0.684. The van der Waals surface area contributed by atoms with E-state index in [9.17, 15) is 19.2 Å². The molecule has 0 unspecified atom stereocenters. The van der Waals surface area contributed by atoms with Crippen LogP contribution < -0.4 is 26.6 Å². The number of benzene rings is 1. The van der Waals surface area contributed by atoms with Crippen molar-refractivity contribution in [2.45, 2.75) is 86.0 Å². The smallest absolute Gasteiger partial charge is 0.243 e. The van der Waals surface area contributed by atoms with Crippen LogP contribution in [0.3, 0.4) is 0 Å². The summed E-state index contributed by atoms with van der Waals surface area (Å²) in [5, 5.41) is 14.4. The standard InChI is InChI=1S/C29H49N5O4/c1-17(2)22(30-9)27(36)33-24(19(5)6)29(38)34-25(20(7)8)28(37)32-23(18(3)4)26(35)31-16-15-21-13-11-10-12-14-21/h10-14,17-20,22-25,30H,15-16H2,1-9H3,(H,31,35)(H,32,37)(H,33,36)(H,34,38)/t22-,23-,24-,25-/m1/s1. The Bertz CT molecular complexity index is 901. The first-order chi connectivity index (χ1) is 17.8. The second kappa shape index (κ2) is 16.1. The number of amides is 4. The van der Waals surface area contributed by atoms with Crippen molar-refractivity contribution in [3.05, 3.63) is 35.9 Å². The van der Waals surface area contributed by atoms with Gasteiger partial charge in [-0.25, -0.2) is 0 Å². The predicted octanol–water partition coefficient (Wildman–Crippen LogP) is 2.01. The monoisotopic (exact) mass is 531 g/mol. The molecule has 0 spiro atoms. The fourth-order valence-electron chi connectivity index (χ4n) is 4.19. The molecule has 0 bridgehead atoms. The van der Waals surface area contributed by atoms with E-state index in [1.54, 1.807) is 7.05 Å². The molecule has 1 rings (SSSR count). The van der Waals surface area contributed by atoms with Gasteiger partial charge in [-0.15, -0.1) is 0 Å². The van der Waals surface area contributed by atoms with Crippen LogP contribution in [0.1, 0.15) is 61.0 Å². The molecule has 1 aromatic rings. The molecule has 4 amide bonds. The number of likely N-dealkylation sites (N-methyl/N-ethyl adjacent to an activating group) is 1. The number of carbonyl (C=O) groups is 4. The van der Waals surface area contributed by atoms with E-state index in [0.29, 0.717) is 13.0 Å². The van der Waals surface area contributed by atoms with Gasteiger partial charge in [0.15, 0.2) is 0 Å². The fraction of sp³-hybridized carbons (Fsp3) is 0.655. The van der Waals surface area contributed by atoms with Crippen LogP contribution in [0.5, 0.6) is 0 Å². The molecule has 0 aliphatic heterocycles. The second-order valence-electron chi connectivity index (χ2n) is 11.2. The third kappa shape index (κ3) is 10.4. The molecule has 0 saturated carbocycles.